The lowest BCUT2D eigenvalue weighted by molar-refractivity contribution is -0.130. The number of sulfonamides is 1. The molecule has 0 spiro atoms. The maximum absolute atomic E-state index is 12.1. The molecular weight excluding hydrogens is 348 g/mol. The van der Waals surface area contributed by atoms with Crippen molar-refractivity contribution >= 4 is 21.9 Å². The first-order valence-electron chi connectivity index (χ1n) is 7.54. The SMILES string of the molecule is CON(C)S(=O)(=O)c1ccc(C(=O)O[C@@H](C)C(=O)NC(C)(C)C)cc1. The van der Waals surface area contributed by atoms with Crippen molar-refractivity contribution < 1.29 is 27.6 Å². The highest BCUT2D eigenvalue weighted by Gasteiger charge is 2.24. The van der Waals surface area contributed by atoms with Crippen LogP contribution < -0.4 is 5.32 Å². The highest BCUT2D eigenvalue weighted by Crippen LogP contribution is 2.16. The van der Waals surface area contributed by atoms with Crippen LogP contribution in [-0.4, -0.2) is 50.6 Å². The third-order valence-corrected chi connectivity index (χ3v) is 4.83. The highest BCUT2D eigenvalue weighted by atomic mass is 32.2. The number of hydroxylamine groups is 1. The Morgan fingerprint density at radius 3 is 2.12 bits per heavy atom. The Kier molecular flexibility index (Phi) is 6.69. The lowest BCUT2D eigenvalue weighted by Crippen LogP contribution is -2.46. The molecule has 1 aromatic carbocycles. The fourth-order valence-corrected chi connectivity index (χ4v) is 2.74. The number of nitrogens with zero attached hydrogens (tertiary/aromatic N) is 1. The molecule has 1 amide bonds. The standard InChI is InChI=1S/C16H24N2O6S/c1-11(14(19)17-16(2,3)4)24-15(20)12-7-9-13(10-8-12)25(21,22)18(5)23-6/h7-11H,1-6H3,(H,17,19)/t11-/m0/s1. The first kappa shape index (κ1) is 21.1. The van der Waals surface area contributed by atoms with Crippen LogP contribution in [-0.2, 0) is 24.4 Å². The number of carbonyl (C=O) groups excluding carboxylic acids is 2. The zero-order chi connectivity index (χ0) is 19.4. The summed E-state index contributed by atoms with van der Waals surface area (Å²) in [7, 11) is -1.31. The van der Waals surface area contributed by atoms with Gasteiger partial charge >= 0.3 is 5.97 Å². The summed E-state index contributed by atoms with van der Waals surface area (Å²) in [6.07, 6.45) is -0.977. The van der Waals surface area contributed by atoms with E-state index in [1.54, 1.807) is 0 Å². The second-order valence-corrected chi connectivity index (χ2v) is 8.34. The number of rotatable bonds is 6. The minimum atomic E-state index is -3.79. The molecule has 0 bridgehead atoms. The van der Waals surface area contributed by atoms with Crippen LogP contribution in [0.2, 0.25) is 0 Å². The van der Waals surface area contributed by atoms with Gasteiger partial charge in [0.15, 0.2) is 6.10 Å². The molecule has 0 aliphatic heterocycles. The van der Waals surface area contributed by atoms with E-state index in [1.807, 2.05) is 20.8 Å². The van der Waals surface area contributed by atoms with Crippen LogP contribution in [0.25, 0.3) is 0 Å². The molecule has 0 saturated carbocycles. The monoisotopic (exact) mass is 372 g/mol. The minimum Gasteiger partial charge on any atom is -0.449 e. The number of benzene rings is 1. The van der Waals surface area contributed by atoms with Gasteiger partial charge in [0.2, 0.25) is 0 Å². The number of ether oxygens (including phenoxy) is 1. The number of amides is 1. The average Bonchev–Trinajstić information content (AvgIpc) is 2.52. The topological polar surface area (TPSA) is 102 Å². The van der Waals surface area contributed by atoms with Crippen LogP contribution in [0.15, 0.2) is 29.2 Å². The second kappa shape index (κ2) is 7.94. The summed E-state index contributed by atoms with van der Waals surface area (Å²) in [6, 6.07) is 5.16. The van der Waals surface area contributed by atoms with Crippen LogP contribution in [0.5, 0.6) is 0 Å². The summed E-state index contributed by atoms with van der Waals surface area (Å²) < 4.78 is 30.0. The largest absolute Gasteiger partial charge is 0.449 e. The number of nitrogens with one attached hydrogen (secondary N) is 1. The fraction of sp³-hybridized carbons (Fsp3) is 0.500. The zero-order valence-electron chi connectivity index (χ0n) is 15.2. The van der Waals surface area contributed by atoms with E-state index in [2.05, 4.69) is 10.2 Å². The van der Waals surface area contributed by atoms with Crippen molar-refractivity contribution in [2.45, 2.75) is 44.2 Å². The van der Waals surface area contributed by atoms with Crippen molar-refractivity contribution in [3.8, 4) is 0 Å². The molecule has 25 heavy (non-hydrogen) atoms. The molecule has 0 fully saturated rings. The Bertz CT molecular complexity index is 722. The van der Waals surface area contributed by atoms with Gasteiger partial charge in [-0.2, -0.15) is 0 Å². The van der Waals surface area contributed by atoms with Crippen molar-refractivity contribution in [2.24, 2.45) is 0 Å². The predicted octanol–water partition coefficient (Wildman–Crippen LogP) is 1.33. The lowest BCUT2D eigenvalue weighted by Gasteiger charge is -2.23. The van der Waals surface area contributed by atoms with Gasteiger partial charge in [-0.3, -0.25) is 9.63 Å². The van der Waals surface area contributed by atoms with Crippen LogP contribution in [0.3, 0.4) is 0 Å². The van der Waals surface area contributed by atoms with Gasteiger partial charge < -0.3 is 10.1 Å². The van der Waals surface area contributed by atoms with Gasteiger partial charge in [-0.1, -0.05) is 4.47 Å². The van der Waals surface area contributed by atoms with E-state index in [-0.39, 0.29) is 10.5 Å². The summed E-state index contributed by atoms with van der Waals surface area (Å²) in [5.74, 6) is -1.14. The molecule has 9 heteroatoms. The predicted molar refractivity (Wildman–Crippen MR) is 91.2 cm³/mol. The molecule has 8 nitrogen and oxygen atoms in total. The zero-order valence-corrected chi connectivity index (χ0v) is 16.0. The summed E-state index contributed by atoms with van der Waals surface area (Å²) in [4.78, 5) is 28.7. The van der Waals surface area contributed by atoms with Crippen LogP contribution >= 0.6 is 0 Å². The Morgan fingerprint density at radius 1 is 1.16 bits per heavy atom. The van der Waals surface area contributed by atoms with Gasteiger partial charge in [0.05, 0.1) is 17.6 Å². The minimum absolute atomic E-state index is 0.0353. The second-order valence-electron chi connectivity index (χ2n) is 6.41. The molecule has 0 saturated heterocycles. The van der Waals surface area contributed by atoms with Gasteiger partial charge in [0.25, 0.3) is 15.9 Å². The Labute approximate surface area is 148 Å². The van der Waals surface area contributed by atoms with Gasteiger partial charge in [0, 0.05) is 12.6 Å². The van der Waals surface area contributed by atoms with E-state index in [0.29, 0.717) is 4.47 Å². The summed E-state index contributed by atoms with van der Waals surface area (Å²) in [6.45, 7) is 6.91. The van der Waals surface area contributed by atoms with Crippen molar-refractivity contribution in [3.05, 3.63) is 29.8 Å². The van der Waals surface area contributed by atoms with E-state index in [9.17, 15) is 18.0 Å². The molecule has 1 atom stereocenters. The Balaban J connectivity index is 2.83. The van der Waals surface area contributed by atoms with E-state index in [1.165, 1.54) is 45.3 Å². The van der Waals surface area contributed by atoms with Gasteiger partial charge in [-0.15, -0.1) is 0 Å². The molecule has 0 heterocycles. The molecule has 140 valence electrons. The Hall–Kier alpha value is -1.97. The van der Waals surface area contributed by atoms with Gasteiger partial charge in [-0.05, 0) is 52.0 Å². The first-order valence-corrected chi connectivity index (χ1v) is 8.98. The Morgan fingerprint density at radius 2 is 1.68 bits per heavy atom. The van der Waals surface area contributed by atoms with Crippen molar-refractivity contribution in [2.75, 3.05) is 14.2 Å². The number of hydrogen-bond donors (Lipinski definition) is 1. The molecule has 0 aromatic heterocycles. The fourth-order valence-electron chi connectivity index (χ4n) is 1.76. The van der Waals surface area contributed by atoms with Gasteiger partial charge in [0.1, 0.15) is 0 Å². The molecule has 0 radical (unpaired) electrons. The summed E-state index contributed by atoms with van der Waals surface area (Å²) >= 11 is 0. The van der Waals surface area contributed by atoms with Crippen LogP contribution in [0, 0.1) is 0 Å². The van der Waals surface area contributed by atoms with E-state index < -0.39 is 33.5 Å². The molecular formula is C16H24N2O6S. The molecule has 0 unspecified atom stereocenters. The summed E-state index contributed by atoms with van der Waals surface area (Å²) in [5, 5.41) is 2.71. The summed E-state index contributed by atoms with van der Waals surface area (Å²) in [5.41, 5.74) is -0.310. The third-order valence-electron chi connectivity index (χ3n) is 3.13. The first-order chi connectivity index (χ1) is 11.4. The highest BCUT2D eigenvalue weighted by molar-refractivity contribution is 7.89. The molecule has 1 aromatic rings. The van der Waals surface area contributed by atoms with Crippen molar-refractivity contribution in [3.63, 3.8) is 0 Å². The van der Waals surface area contributed by atoms with Crippen molar-refractivity contribution in [1.82, 2.24) is 9.79 Å². The van der Waals surface area contributed by atoms with Crippen molar-refractivity contribution in [1.29, 1.82) is 0 Å². The molecule has 0 aliphatic carbocycles. The third kappa shape index (κ3) is 5.80. The number of carbonyl (C=O) groups is 2. The van der Waals surface area contributed by atoms with E-state index in [4.69, 9.17) is 4.74 Å². The number of hydrogen-bond acceptors (Lipinski definition) is 6. The van der Waals surface area contributed by atoms with E-state index in [0.717, 1.165) is 0 Å². The lowest BCUT2D eigenvalue weighted by atomic mass is 10.1. The average molecular weight is 372 g/mol. The molecule has 1 rings (SSSR count). The quantitative estimate of drug-likeness (QED) is 0.597. The molecule has 0 aliphatic rings. The maximum atomic E-state index is 12.1. The maximum Gasteiger partial charge on any atom is 0.338 e. The smallest absolute Gasteiger partial charge is 0.338 e. The molecule has 1 N–H and O–H groups in total. The number of esters is 1. The van der Waals surface area contributed by atoms with Crippen LogP contribution in [0.4, 0.5) is 0 Å². The van der Waals surface area contributed by atoms with Gasteiger partial charge in [-0.25, -0.2) is 13.2 Å². The van der Waals surface area contributed by atoms with E-state index >= 15 is 0 Å². The normalized spacial score (nSPS) is 13.4. The van der Waals surface area contributed by atoms with Crippen LogP contribution in [0.1, 0.15) is 38.1 Å².